The first kappa shape index (κ1) is 13.8. The highest BCUT2D eigenvalue weighted by molar-refractivity contribution is 9.10. The summed E-state index contributed by atoms with van der Waals surface area (Å²) in [6.45, 7) is -0.560. The molecule has 0 bridgehead atoms. The number of ether oxygens (including phenoxy) is 2. The third kappa shape index (κ3) is 3.63. The lowest BCUT2D eigenvalue weighted by Gasteiger charge is -2.16. The lowest BCUT2D eigenvalue weighted by molar-refractivity contribution is -0.991. The maximum absolute atomic E-state index is 13.5. The van der Waals surface area contributed by atoms with E-state index >= 15 is 0 Å². The zero-order valence-corrected chi connectivity index (χ0v) is 10.3. The highest BCUT2D eigenvalue weighted by Gasteiger charge is 2.18. The van der Waals surface area contributed by atoms with Gasteiger partial charge in [0, 0.05) is 10.5 Å². The molecule has 1 atom stereocenters. The molecule has 0 aliphatic carbocycles. The normalized spacial score (nSPS) is 12.1. The molecule has 6 nitrogen and oxygen atoms in total. The Morgan fingerprint density at radius 1 is 1.65 bits per heavy atom. The average molecular weight is 310 g/mol. The lowest BCUT2D eigenvalue weighted by Crippen LogP contribution is -2.99. The summed E-state index contributed by atoms with van der Waals surface area (Å²) in [6, 6.07) is 2.22. The van der Waals surface area contributed by atoms with Crippen molar-refractivity contribution in [2.75, 3.05) is 13.7 Å². The molecule has 0 aliphatic heterocycles. The molecule has 0 spiro atoms. The van der Waals surface area contributed by atoms with E-state index in [1.54, 1.807) is 0 Å². The average Bonchev–Trinajstić information content (AvgIpc) is 2.26. The number of nitrogens with one attached hydrogen (secondary N) is 1. The van der Waals surface area contributed by atoms with Crippen molar-refractivity contribution in [2.45, 2.75) is 0 Å². The van der Waals surface area contributed by atoms with E-state index in [9.17, 15) is 14.4 Å². The molecule has 1 aromatic rings. The Kier molecular flexibility index (Phi) is 4.82. The molecule has 1 aromatic carbocycles. The summed E-state index contributed by atoms with van der Waals surface area (Å²) in [5.74, 6) is -2.10. The lowest BCUT2D eigenvalue weighted by atomic mass is 10.3. The Hall–Kier alpha value is -1.22. The molecule has 0 saturated carbocycles. The monoisotopic (exact) mass is 309 g/mol. The fraction of sp³-hybridized carbons (Fsp3) is 0.222. The van der Waals surface area contributed by atoms with Gasteiger partial charge < -0.3 is 14.7 Å². The molecule has 0 amide bonds. The van der Waals surface area contributed by atoms with Gasteiger partial charge in [-0.05, 0) is 6.07 Å². The first-order chi connectivity index (χ1) is 7.95. The minimum atomic E-state index is -1.36. The molecule has 0 aromatic heterocycles. The molecule has 0 fully saturated rings. The van der Waals surface area contributed by atoms with Gasteiger partial charge in [0.1, 0.15) is 0 Å². The molecule has 1 rings (SSSR count). The van der Waals surface area contributed by atoms with Crippen molar-refractivity contribution in [3.05, 3.63) is 27.6 Å². The first-order valence-corrected chi connectivity index (χ1v) is 5.17. The third-order valence-corrected chi connectivity index (χ3v) is 2.26. The number of rotatable bonds is 4. The van der Waals surface area contributed by atoms with E-state index in [0.29, 0.717) is 0 Å². The van der Waals surface area contributed by atoms with Gasteiger partial charge >= 0.3 is 5.97 Å². The highest BCUT2D eigenvalue weighted by atomic mass is 79.9. The molecule has 94 valence electrons. The van der Waals surface area contributed by atoms with Crippen LogP contribution in [-0.4, -0.2) is 24.9 Å². The van der Waals surface area contributed by atoms with Gasteiger partial charge in [-0.3, -0.25) is 0 Å². The second-order valence-electron chi connectivity index (χ2n) is 2.93. The maximum atomic E-state index is 13.5. The quantitative estimate of drug-likeness (QED) is 0.626. The molecule has 0 aliphatic rings. The standard InChI is InChI=1S/C9H9BrFNO5/c1-16-8(13)4-17-9-6(11)2-5(10)3-7(9)12(14)15/h2-3,12,14H,4H2,1H3. The third-order valence-electron chi connectivity index (χ3n) is 1.80. The number of quaternary nitrogens is 1. The highest BCUT2D eigenvalue weighted by Crippen LogP contribution is 2.29. The van der Waals surface area contributed by atoms with Gasteiger partial charge in [-0.1, -0.05) is 15.9 Å². The van der Waals surface area contributed by atoms with E-state index in [-0.39, 0.29) is 10.2 Å². The van der Waals surface area contributed by atoms with Gasteiger partial charge in [-0.2, -0.15) is 5.23 Å². The van der Waals surface area contributed by atoms with Gasteiger partial charge in [-0.25, -0.2) is 14.4 Å². The molecule has 0 saturated heterocycles. The van der Waals surface area contributed by atoms with Gasteiger partial charge in [0.25, 0.3) is 0 Å². The molecule has 8 heteroatoms. The Labute approximate surface area is 104 Å². The maximum Gasteiger partial charge on any atom is 0.343 e. The smallest absolute Gasteiger partial charge is 0.343 e. The van der Waals surface area contributed by atoms with Crippen LogP contribution in [0.15, 0.2) is 16.6 Å². The number of carbonyl (C=O) groups is 1. The molecule has 1 unspecified atom stereocenters. The molecule has 0 heterocycles. The fourth-order valence-electron chi connectivity index (χ4n) is 1.06. The summed E-state index contributed by atoms with van der Waals surface area (Å²) in [5.41, 5.74) is -0.374. The van der Waals surface area contributed by atoms with Crippen LogP contribution in [0.1, 0.15) is 0 Å². The largest absolute Gasteiger partial charge is 0.595 e. The van der Waals surface area contributed by atoms with Gasteiger partial charge in [0.15, 0.2) is 12.4 Å². The number of halogens is 2. The summed E-state index contributed by atoms with van der Waals surface area (Å²) in [4.78, 5) is 10.8. The van der Waals surface area contributed by atoms with E-state index < -0.39 is 29.4 Å². The summed E-state index contributed by atoms with van der Waals surface area (Å²) in [6.07, 6.45) is 0. The van der Waals surface area contributed by atoms with Crippen LogP contribution >= 0.6 is 15.9 Å². The number of hydrogen-bond acceptors (Lipinski definition) is 5. The second-order valence-corrected chi connectivity index (χ2v) is 3.85. The fourth-order valence-corrected chi connectivity index (χ4v) is 1.49. The number of methoxy groups -OCH3 is 1. The Balaban J connectivity index is 3.00. The summed E-state index contributed by atoms with van der Waals surface area (Å²) >= 11 is 2.96. The SMILES string of the molecule is COC(=O)COc1c(F)cc(Br)cc1[NH+]([O-])O. The van der Waals surface area contributed by atoms with Crippen molar-refractivity contribution in [3.8, 4) is 5.75 Å². The summed E-state index contributed by atoms with van der Waals surface area (Å²) in [7, 11) is 1.14. The minimum Gasteiger partial charge on any atom is -0.595 e. The molecular formula is C9H9BrFNO5. The van der Waals surface area contributed by atoms with Crippen molar-refractivity contribution in [2.24, 2.45) is 0 Å². The van der Waals surface area contributed by atoms with Gasteiger partial charge in [0.05, 0.1) is 7.11 Å². The van der Waals surface area contributed by atoms with Gasteiger partial charge in [0.2, 0.25) is 11.4 Å². The van der Waals surface area contributed by atoms with E-state index in [1.165, 1.54) is 6.07 Å². The topological polar surface area (TPSA) is 83.3 Å². The predicted molar refractivity (Wildman–Crippen MR) is 57.4 cm³/mol. The number of benzene rings is 1. The van der Waals surface area contributed by atoms with E-state index in [4.69, 9.17) is 9.94 Å². The zero-order valence-electron chi connectivity index (χ0n) is 8.70. The van der Waals surface area contributed by atoms with Crippen LogP contribution in [0.25, 0.3) is 0 Å². The van der Waals surface area contributed by atoms with Crippen LogP contribution in [0.5, 0.6) is 5.75 Å². The molecule has 2 N–H and O–H groups in total. The summed E-state index contributed by atoms with van der Waals surface area (Å²) < 4.78 is 22.8. The zero-order chi connectivity index (χ0) is 13.0. The second kappa shape index (κ2) is 5.92. The molecular weight excluding hydrogens is 301 g/mol. The Morgan fingerprint density at radius 3 is 2.82 bits per heavy atom. The summed E-state index contributed by atoms with van der Waals surface area (Å²) in [5, 5.41) is 18.4. The van der Waals surface area contributed by atoms with Gasteiger partial charge in [-0.15, -0.1) is 0 Å². The van der Waals surface area contributed by atoms with Crippen LogP contribution in [-0.2, 0) is 9.53 Å². The van der Waals surface area contributed by atoms with E-state index in [0.717, 1.165) is 13.2 Å². The van der Waals surface area contributed by atoms with Crippen molar-refractivity contribution < 1.29 is 29.1 Å². The predicted octanol–water partition coefficient (Wildman–Crippen LogP) is 0.543. The van der Waals surface area contributed by atoms with Crippen LogP contribution in [0.4, 0.5) is 10.1 Å². The minimum absolute atomic E-state index is 0.262. The van der Waals surface area contributed by atoms with Crippen molar-refractivity contribution in [3.63, 3.8) is 0 Å². The van der Waals surface area contributed by atoms with E-state index in [2.05, 4.69) is 20.7 Å². The van der Waals surface area contributed by atoms with Crippen molar-refractivity contribution >= 4 is 27.6 Å². The molecule has 17 heavy (non-hydrogen) atoms. The van der Waals surface area contributed by atoms with Crippen LogP contribution < -0.4 is 9.96 Å². The Morgan fingerprint density at radius 2 is 2.29 bits per heavy atom. The van der Waals surface area contributed by atoms with Crippen LogP contribution in [0.3, 0.4) is 0 Å². The number of esters is 1. The van der Waals surface area contributed by atoms with Crippen LogP contribution in [0.2, 0.25) is 0 Å². The van der Waals surface area contributed by atoms with Crippen molar-refractivity contribution in [1.29, 1.82) is 0 Å². The molecule has 0 radical (unpaired) electrons. The van der Waals surface area contributed by atoms with Crippen molar-refractivity contribution in [1.82, 2.24) is 0 Å². The Bertz CT molecular complexity index is 426. The number of carbonyl (C=O) groups excluding carboxylic acids is 1. The van der Waals surface area contributed by atoms with Crippen LogP contribution in [0, 0.1) is 11.0 Å². The number of hydrogen-bond donors (Lipinski definition) is 2. The first-order valence-electron chi connectivity index (χ1n) is 4.37. The van der Waals surface area contributed by atoms with E-state index in [1.807, 2.05) is 0 Å².